The van der Waals surface area contributed by atoms with Gasteiger partial charge in [-0.15, -0.1) is 12.4 Å². The molecule has 2 aromatic rings. The minimum Gasteiger partial charge on any atom is -0.497 e. The lowest BCUT2D eigenvalue weighted by Gasteiger charge is -2.07. The topological polar surface area (TPSA) is 105 Å². The number of hydrogen-bond donors (Lipinski definition) is 3. The van der Waals surface area contributed by atoms with Gasteiger partial charge in [0.05, 0.1) is 7.11 Å². The molecular weight excluding hydrogens is 284 g/mol. The zero-order valence-corrected chi connectivity index (χ0v) is 11.6. The average molecular weight is 299 g/mol. The molecule has 1 aromatic carbocycles. The van der Waals surface area contributed by atoms with Crippen molar-refractivity contribution >= 4 is 29.3 Å². The number of ether oxygens (including phenoxy) is 1. The van der Waals surface area contributed by atoms with Gasteiger partial charge in [-0.25, -0.2) is 0 Å². The van der Waals surface area contributed by atoms with E-state index in [9.17, 15) is 9.59 Å². The fourth-order valence-electron chi connectivity index (χ4n) is 1.83. The smallest absolute Gasteiger partial charge is 0.320 e. The minimum atomic E-state index is -1.13. The molecule has 1 heterocycles. The molecule has 0 aliphatic carbocycles. The maximum Gasteiger partial charge on any atom is 0.320 e. The van der Waals surface area contributed by atoms with Crippen molar-refractivity contribution in [2.75, 3.05) is 7.11 Å². The van der Waals surface area contributed by atoms with E-state index >= 15 is 0 Å². The highest BCUT2D eigenvalue weighted by Gasteiger charge is 2.14. The van der Waals surface area contributed by atoms with Gasteiger partial charge in [-0.1, -0.05) is 0 Å². The number of pyridine rings is 1. The molecule has 4 N–H and O–H groups in total. The number of carboxylic acids is 1. The van der Waals surface area contributed by atoms with Crippen LogP contribution >= 0.6 is 12.4 Å². The number of benzene rings is 1. The monoisotopic (exact) mass is 298 g/mol. The zero-order chi connectivity index (χ0) is 14.0. The minimum absolute atomic E-state index is 0. The van der Waals surface area contributed by atoms with E-state index in [1.54, 1.807) is 31.4 Å². The summed E-state index contributed by atoms with van der Waals surface area (Å²) >= 11 is 0. The van der Waals surface area contributed by atoms with Crippen molar-refractivity contribution < 1.29 is 14.6 Å². The third-order valence-electron chi connectivity index (χ3n) is 2.89. The van der Waals surface area contributed by atoms with Crippen molar-refractivity contribution in [1.82, 2.24) is 4.98 Å². The molecule has 20 heavy (non-hydrogen) atoms. The Hall–Kier alpha value is -2.05. The van der Waals surface area contributed by atoms with Crippen LogP contribution in [0.25, 0.3) is 10.9 Å². The summed E-state index contributed by atoms with van der Waals surface area (Å²) in [4.78, 5) is 25.2. The fraction of sp³-hybridized carbons (Fsp3) is 0.231. The van der Waals surface area contributed by atoms with Gasteiger partial charge in [-0.3, -0.25) is 9.59 Å². The highest BCUT2D eigenvalue weighted by Crippen LogP contribution is 2.18. The van der Waals surface area contributed by atoms with Crippen LogP contribution in [0.5, 0.6) is 5.75 Å². The van der Waals surface area contributed by atoms with E-state index in [0.29, 0.717) is 16.8 Å². The maximum absolute atomic E-state index is 11.8. The molecule has 0 aliphatic rings. The van der Waals surface area contributed by atoms with E-state index < -0.39 is 12.0 Å². The summed E-state index contributed by atoms with van der Waals surface area (Å²) in [5.41, 5.74) is 6.12. The molecule has 0 radical (unpaired) electrons. The summed E-state index contributed by atoms with van der Waals surface area (Å²) < 4.78 is 5.10. The summed E-state index contributed by atoms with van der Waals surface area (Å²) in [6.45, 7) is 0. The SMILES string of the molecule is COc1ccc2[nH]c(=O)c(CC(N)C(=O)O)cc2c1.Cl. The number of hydrogen-bond acceptors (Lipinski definition) is 4. The summed E-state index contributed by atoms with van der Waals surface area (Å²) in [5.74, 6) is -0.474. The number of carbonyl (C=O) groups is 1. The second-order valence-corrected chi connectivity index (χ2v) is 4.23. The average Bonchev–Trinajstić information content (AvgIpc) is 2.38. The van der Waals surface area contributed by atoms with Crippen LogP contribution < -0.4 is 16.0 Å². The van der Waals surface area contributed by atoms with Crippen molar-refractivity contribution in [3.05, 3.63) is 40.2 Å². The second kappa shape index (κ2) is 6.40. The Morgan fingerprint density at radius 1 is 1.45 bits per heavy atom. The third kappa shape index (κ3) is 3.28. The first-order valence-corrected chi connectivity index (χ1v) is 5.69. The Morgan fingerprint density at radius 2 is 2.15 bits per heavy atom. The Kier molecular flexibility index (Phi) is 5.12. The number of rotatable bonds is 4. The van der Waals surface area contributed by atoms with Gasteiger partial charge in [0.15, 0.2) is 0 Å². The summed E-state index contributed by atoms with van der Waals surface area (Å²) in [7, 11) is 1.55. The number of nitrogens with two attached hydrogens (primary N) is 1. The molecule has 2 rings (SSSR count). The Bertz CT molecular complexity index is 684. The van der Waals surface area contributed by atoms with E-state index in [1.807, 2.05) is 0 Å². The molecule has 1 aromatic heterocycles. The van der Waals surface area contributed by atoms with Crippen LogP contribution in [0.2, 0.25) is 0 Å². The molecule has 1 atom stereocenters. The highest BCUT2D eigenvalue weighted by atomic mass is 35.5. The van der Waals surface area contributed by atoms with Crippen molar-refractivity contribution in [1.29, 1.82) is 0 Å². The molecular formula is C13H15ClN2O4. The third-order valence-corrected chi connectivity index (χ3v) is 2.89. The first-order valence-electron chi connectivity index (χ1n) is 5.69. The molecule has 7 heteroatoms. The number of fused-ring (bicyclic) bond motifs is 1. The van der Waals surface area contributed by atoms with Crippen molar-refractivity contribution in [3.63, 3.8) is 0 Å². The summed E-state index contributed by atoms with van der Waals surface area (Å²) in [5, 5.41) is 9.54. The van der Waals surface area contributed by atoms with E-state index in [2.05, 4.69) is 4.98 Å². The van der Waals surface area contributed by atoms with Crippen LogP contribution in [0.4, 0.5) is 0 Å². The number of carboxylic acid groups (broad SMARTS) is 1. The van der Waals surface area contributed by atoms with Crippen molar-refractivity contribution in [2.45, 2.75) is 12.5 Å². The highest BCUT2D eigenvalue weighted by molar-refractivity contribution is 5.85. The first kappa shape index (κ1) is 16.0. The van der Waals surface area contributed by atoms with Crippen LogP contribution in [-0.2, 0) is 11.2 Å². The van der Waals surface area contributed by atoms with Crippen LogP contribution in [0.15, 0.2) is 29.1 Å². The van der Waals surface area contributed by atoms with Crippen LogP contribution in [0.1, 0.15) is 5.56 Å². The summed E-state index contributed by atoms with van der Waals surface area (Å²) in [6.07, 6.45) is -0.0161. The van der Waals surface area contributed by atoms with Gasteiger partial charge in [-0.05, 0) is 24.3 Å². The zero-order valence-electron chi connectivity index (χ0n) is 10.8. The molecule has 0 aliphatic heterocycles. The molecule has 1 unspecified atom stereocenters. The molecule has 0 amide bonds. The molecule has 0 saturated carbocycles. The lowest BCUT2D eigenvalue weighted by molar-refractivity contribution is -0.138. The van der Waals surface area contributed by atoms with Crippen LogP contribution in [0, 0.1) is 0 Å². The van der Waals surface area contributed by atoms with Gasteiger partial charge >= 0.3 is 5.97 Å². The Balaban J connectivity index is 0.00000200. The lowest BCUT2D eigenvalue weighted by Crippen LogP contribution is -2.34. The normalized spacial score (nSPS) is 11.7. The first-order chi connectivity index (χ1) is 9.01. The number of aromatic nitrogens is 1. The standard InChI is InChI=1S/C13H14N2O4.ClH/c1-19-9-2-3-11-7(5-9)4-8(12(16)15-11)6-10(14)13(17)18;/h2-5,10H,6,14H2,1H3,(H,15,16)(H,17,18);1H. The number of halogens is 1. The van der Waals surface area contributed by atoms with Gasteiger partial charge < -0.3 is 20.6 Å². The van der Waals surface area contributed by atoms with Gasteiger partial charge in [0.2, 0.25) is 0 Å². The van der Waals surface area contributed by atoms with E-state index in [4.69, 9.17) is 15.6 Å². The van der Waals surface area contributed by atoms with Crippen molar-refractivity contribution in [3.8, 4) is 5.75 Å². The Morgan fingerprint density at radius 3 is 2.75 bits per heavy atom. The fourth-order valence-corrected chi connectivity index (χ4v) is 1.83. The predicted octanol–water partition coefficient (Wildman–Crippen LogP) is 0.913. The van der Waals surface area contributed by atoms with Gasteiger partial charge in [0.25, 0.3) is 5.56 Å². The number of H-pyrrole nitrogens is 1. The summed E-state index contributed by atoms with van der Waals surface area (Å²) in [6, 6.07) is 5.78. The quantitative estimate of drug-likeness (QED) is 0.778. The predicted molar refractivity (Wildman–Crippen MR) is 77.7 cm³/mol. The van der Waals surface area contributed by atoms with E-state index in [0.717, 1.165) is 5.39 Å². The molecule has 0 saturated heterocycles. The van der Waals surface area contributed by atoms with Crippen LogP contribution in [-0.4, -0.2) is 29.2 Å². The molecule has 108 valence electrons. The number of methoxy groups -OCH3 is 1. The molecule has 6 nitrogen and oxygen atoms in total. The van der Waals surface area contributed by atoms with E-state index in [1.165, 1.54) is 0 Å². The van der Waals surface area contributed by atoms with E-state index in [-0.39, 0.29) is 24.4 Å². The number of aliphatic carboxylic acids is 1. The maximum atomic E-state index is 11.8. The number of aromatic amines is 1. The number of nitrogens with one attached hydrogen (secondary N) is 1. The van der Waals surface area contributed by atoms with Gasteiger partial charge in [-0.2, -0.15) is 0 Å². The lowest BCUT2D eigenvalue weighted by atomic mass is 10.1. The largest absolute Gasteiger partial charge is 0.497 e. The molecule has 0 spiro atoms. The van der Waals surface area contributed by atoms with Gasteiger partial charge in [0, 0.05) is 22.9 Å². The molecule has 0 fully saturated rings. The van der Waals surface area contributed by atoms with Crippen LogP contribution in [0.3, 0.4) is 0 Å². The Labute approximate surface area is 121 Å². The van der Waals surface area contributed by atoms with Crippen molar-refractivity contribution in [2.24, 2.45) is 5.73 Å². The van der Waals surface area contributed by atoms with Gasteiger partial charge in [0.1, 0.15) is 11.8 Å². The second-order valence-electron chi connectivity index (χ2n) is 4.23. The molecule has 0 bridgehead atoms.